The van der Waals surface area contributed by atoms with E-state index in [-0.39, 0.29) is 0 Å². The van der Waals surface area contributed by atoms with Gasteiger partial charge in [0.2, 0.25) is 0 Å². The fourth-order valence-corrected chi connectivity index (χ4v) is 3.89. The standard InChI is InChI=1S/C17H37NOSi/c1-17(2,3)20(4,5)19-14-16-11-9-15(10-12-16)8-6-7-13-18/h15-16H,6-14,18H2,1-5H3. The molecule has 0 radical (unpaired) electrons. The van der Waals surface area contributed by atoms with Gasteiger partial charge < -0.3 is 10.2 Å². The number of unbranched alkanes of at least 4 members (excludes halogenated alkanes) is 1. The summed E-state index contributed by atoms with van der Waals surface area (Å²) in [7, 11) is -1.55. The van der Waals surface area contributed by atoms with Crippen LogP contribution in [0, 0.1) is 11.8 Å². The molecule has 1 rings (SSSR count). The zero-order chi connectivity index (χ0) is 15.2. The van der Waals surface area contributed by atoms with Crippen molar-refractivity contribution < 1.29 is 4.43 Å². The zero-order valence-electron chi connectivity index (χ0n) is 14.5. The number of rotatable bonds is 7. The van der Waals surface area contributed by atoms with Gasteiger partial charge in [-0.15, -0.1) is 0 Å². The minimum absolute atomic E-state index is 0.340. The summed E-state index contributed by atoms with van der Waals surface area (Å²) in [5, 5.41) is 0.340. The maximum atomic E-state index is 6.39. The highest BCUT2D eigenvalue weighted by Gasteiger charge is 2.37. The number of hydrogen-bond acceptors (Lipinski definition) is 2. The van der Waals surface area contributed by atoms with Crippen molar-refractivity contribution in [2.45, 2.75) is 83.8 Å². The van der Waals surface area contributed by atoms with E-state index >= 15 is 0 Å². The maximum absolute atomic E-state index is 6.39. The lowest BCUT2D eigenvalue weighted by Gasteiger charge is -2.38. The second-order valence-electron chi connectivity index (χ2n) is 8.24. The highest BCUT2D eigenvalue weighted by Crippen LogP contribution is 2.38. The molecule has 0 aromatic heterocycles. The Kier molecular flexibility index (Phi) is 7.23. The third-order valence-corrected chi connectivity index (χ3v) is 10.0. The van der Waals surface area contributed by atoms with Crippen molar-refractivity contribution in [2.75, 3.05) is 13.2 Å². The van der Waals surface area contributed by atoms with Gasteiger partial charge in [-0.25, -0.2) is 0 Å². The van der Waals surface area contributed by atoms with Crippen LogP contribution in [0.15, 0.2) is 0 Å². The Labute approximate surface area is 128 Å². The number of nitrogens with two attached hydrogens (primary N) is 1. The van der Waals surface area contributed by atoms with E-state index in [1.54, 1.807) is 0 Å². The van der Waals surface area contributed by atoms with Crippen LogP contribution in [0.2, 0.25) is 18.1 Å². The molecule has 2 nitrogen and oxygen atoms in total. The Hall–Kier alpha value is 0.137. The lowest BCUT2D eigenvalue weighted by atomic mass is 9.80. The molecule has 0 aliphatic heterocycles. The molecule has 1 aliphatic carbocycles. The third-order valence-electron chi connectivity index (χ3n) is 5.52. The molecule has 0 spiro atoms. The Morgan fingerprint density at radius 2 is 1.55 bits per heavy atom. The lowest BCUT2D eigenvalue weighted by molar-refractivity contribution is 0.167. The van der Waals surface area contributed by atoms with Crippen LogP contribution in [-0.4, -0.2) is 21.5 Å². The van der Waals surface area contributed by atoms with Crippen molar-refractivity contribution in [3.05, 3.63) is 0 Å². The van der Waals surface area contributed by atoms with Crippen molar-refractivity contribution in [1.82, 2.24) is 0 Å². The summed E-state index contributed by atoms with van der Waals surface area (Å²) in [5.74, 6) is 1.78. The Balaban J connectivity index is 2.23. The molecule has 0 saturated heterocycles. The first-order chi connectivity index (χ1) is 9.26. The first-order valence-electron chi connectivity index (χ1n) is 8.60. The van der Waals surface area contributed by atoms with Crippen LogP contribution < -0.4 is 5.73 Å². The smallest absolute Gasteiger partial charge is 0.191 e. The summed E-state index contributed by atoms with van der Waals surface area (Å²) in [4.78, 5) is 0. The van der Waals surface area contributed by atoms with E-state index in [0.717, 1.165) is 25.0 Å². The first-order valence-corrected chi connectivity index (χ1v) is 11.5. The van der Waals surface area contributed by atoms with Crippen LogP contribution in [0.5, 0.6) is 0 Å². The van der Waals surface area contributed by atoms with Gasteiger partial charge in [-0.2, -0.15) is 0 Å². The van der Waals surface area contributed by atoms with Crippen molar-refractivity contribution in [3.63, 3.8) is 0 Å². The van der Waals surface area contributed by atoms with Crippen LogP contribution >= 0.6 is 0 Å². The largest absolute Gasteiger partial charge is 0.417 e. The Morgan fingerprint density at radius 1 is 1.00 bits per heavy atom. The quantitative estimate of drug-likeness (QED) is 0.533. The summed E-state index contributed by atoms with van der Waals surface area (Å²) in [6.07, 6.45) is 9.50. The van der Waals surface area contributed by atoms with Gasteiger partial charge >= 0.3 is 0 Å². The van der Waals surface area contributed by atoms with E-state index in [1.165, 1.54) is 44.9 Å². The van der Waals surface area contributed by atoms with E-state index in [9.17, 15) is 0 Å². The van der Waals surface area contributed by atoms with Gasteiger partial charge in [0.15, 0.2) is 8.32 Å². The van der Waals surface area contributed by atoms with Crippen LogP contribution in [0.25, 0.3) is 0 Å². The van der Waals surface area contributed by atoms with Gasteiger partial charge in [0.1, 0.15) is 0 Å². The first kappa shape index (κ1) is 18.2. The van der Waals surface area contributed by atoms with Gasteiger partial charge in [0.25, 0.3) is 0 Å². The Morgan fingerprint density at radius 3 is 2.05 bits per heavy atom. The highest BCUT2D eigenvalue weighted by molar-refractivity contribution is 6.74. The Bertz CT molecular complexity index is 265. The highest BCUT2D eigenvalue weighted by atomic mass is 28.4. The fourth-order valence-electron chi connectivity index (χ4n) is 2.81. The van der Waals surface area contributed by atoms with Gasteiger partial charge in [0.05, 0.1) is 0 Å². The van der Waals surface area contributed by atoms with Gasteiger partial charge in [0, 0.05) is 6.61 Å². The molecule has 0 heterocycles. The molecular weight excluding hydrogens is 262 g/mol. The monoisotopic (exact) mass is 299 g/mol. The van der Waals surface area contributed by atoms with Crippen molar-refractivity contribution in [3.8, 4) is 0 Å². The van der Waals surface area contributed by atoms with Gasteiger partial charge in [-0.3, -0.25) is 0 Å². The van der Waals surface area contributed by atoms with E-state index in [0.29, 0.717) is 5.04 Å². The molecule has 2 N–H and O–H groups in total. The van der Waals surface area contributed by atoms with E-state index in [4.69, 9.17) is 10.2 Å². The summed E-state index contributed by atoms with van der Waals surface area (Å²) >= 11 is 0. The average Bonchev–Trinajstić information content (AvgIpc) is 2.37. The maximum Gasteiger partial charge on any atom is 0.191 e. The fraction of sp³-hybridized carbons (Fsp3) is 1.00. The van der Waals surface area contributed by atoms with E-state index < -0.39 is 8.32 Å². The molecule has 1 fully saturated rings. The molecule has 20 heavy (non-hydrogen) atoms. The van der Waals surface area contributed by atoms with Crippen molar-refractivity contribution >= 4 is 8.32 Å². The van der Waals surface area contributed by atoms with Crippen LogP contribution in [0.1, 0.15) is 65.7 Å². The van der Waals surface area contributed by atoms with Crippen LogP contribution in [-0.2, 0) is 4.43 Å². The molecule has 1 aliphatic rings. The zero-order valence-corrected chi connectivity index (χ0v) is 15.5. The molecular formula is C17H37NOSi. The predicted molar refractivity (Wildman–Crippen MR) is 91.5 cm³/mol. The van der Waals surface area contributed by atoms with Crippen molar-refractivity contribution in [2.24, 2.45) is 17.6 Å². The molecule has 1 saturated carbocycles. The van der Waals surface area contributed by atoms with Gasteiger partial charge in [-0.05, 0) is 55.8 Å². The average molecular weight is 300 g/mol. The summed E-state index contributed by atoms with van der Waals surface area (Å²) in [6, 6.07) is 0. The molecule has 0 bridgehead atoms. The normalized spacial score (nSPS) is 24.9. The number of hydrogen-bond donors (Lipinski definition) is 1. The summed E-state index contributed by atoms with van der Waals surface area (Å²) in [5.41, 5.74) is 5.57. The third kappa shape index (κ3) is 5.86. The van der Waals surface area contributed by atoms with Crippen molar-refractivity contribution in [1.29, 1.82) is 0 Å². The SMILES string of the molecule is CC(C)(C)[Si](C)(C)OCC1CCC(CCCCN)CC1. The molecule has 0 unspecified atom stereocenters. The summed E-state index contributed by atoms with van der Waals surface area (Å²) < 4.78 is 6.39. The topological polar surface area (TPSA) is 35.2 Å². The van der Waals surface area contributed by atoms with E-state index in [2.05, 4.69) is 33.9 Å². The minimum Gasteiger partial charge on any atom is -0.417 e. The second-order valence-corrected chi connectivity index (χ2v) is 13.1. The minimum atomic E-state index is -1.55. The second kappa shape index (κ2) is 7.95. The molecule has 3 heteroatoms. The van der Waals surface area contributed by atoms with E-state index in [1.807, 2.05) is 0 Å². The molecule has 120 valence electrons. The molecule has 0 aromatic carbocycles. The van der Waals surface area contributed by atoms with Crippen LogP contribution in [0.4, 0.5) is 0 Å². The summed E-state index contributed by atoms with van der Waals surface area (Å²) in [6.45, 7) is 13.6. The molecule has 0 amide bonds. The van der Waals surface area contributed by atoms with Crippen LogP contribution in [0.3, 0.4) is 0 Å². The predicted octanol–water partition coefficient (Wildman–Crippen LogP) is 4.94. The lowest BCUT2D eigenvalue weighted by Crippen LogP contribution is -2.42. The molecule has 0 atom stereocenters. The van der Waals surface area contributed by atoms with Gasteiger partial charge in [-0.1, -0.05) is 46.5 Å². The molecule has 0 aromatic rings.